The summed E-state index contributed by atoms with van der Waals surface area (Å²) >= 11 is 5.68. The number of hydrogen-bond acceptors (Lipinski definition) is 4. The summed E-state index contributed by atoms with van der Waals surface area (Å²) in [5, 5.41) is 2.37. The molecule has 0 saturated carbocycles. The van der Waals surface area contributed by atoms with E-state index in [0.29, 0.717) is 11.3 Å². The van der Waals surface area contributed by atoms with E-state index in [2.05, 4.69) is 5.32 Å². The van der Waals surface area contributed by atoms with Crippen molar-refractivity contribution in [1.82, 2.24) is 4.31 Å². The van der Waals surface area contributed by atoms with Crippen LogP contribution in [-0.2, 0) is 14.8 Å². The van der Waals surface area contributed by atoms with Crippen LogP contribution < -0.4 is 10.1 Å². The molecule has 6 nitrogen and oxygen atoms in total. The Labute approximate surface area is 162 Å². The maximum Gasteiger partial charge on any atom is 0.243 e. The predicted octanol–water partition coefficient (Wildman–Crippen LogP) is 3.45. The van der Waals surface area contributed by atoms with Crippen molar-refractivity contribution in [3.63, 3.8) is 0 Å². The van der Waals surface area contributed by atoms with Crippen LogP contribution in [0.15, 0.2) is 41.3 Å². The summed E-state index contributed by atoms with van der Waals surface area (Å²) in [4.78, 5) is 12.3. The number of amides is 1. The Kier molecular flexibility index (Phi) is 6.80. The first kappa shape index (κ1) is 21.1. The molecule has 2 aromatic carbocycles. The average Bonchev–Trinajstić information content (AvgIpc) is 2.62. The van der Waals surface area contributed by atoms with E-state index in [1.54, 1.807) is 19.9 Å². The van der Waals surface area contributed by atoms with Crippen LogP contribution in [0.4, 0.5) is 10.1 Å². The molecule has 0 spiro atoms. The van der Waals surface area contributed by atoms with Gasteiger partial charge >= 0.3 is 0 Å². The van der Waals surface area contributed by atoms with E-state index in [0.717, 1.165) is 10.4 Å². The van der Waals surface area contributed by atoms with E-state index in [1.165, 1.54) is 31.4 Å². The second-order valence-electron chi connectivity index (χ2n) is 5.74. The van der Waals surface area contributed by atoms with Crippen LogP contribution in [0.3, 0.4) is 0 Å². The minimum absolute atomic E-state index is 0.0697. The van der Waals surface area contributed by atoms with E-state index in [1.807, 2.05) is 0 Å². The number of halogens is 2. The third-order valence-corrected chi connectivity index (χ3v) is 6.09. The summed E-state index contributed by atoms with van der Waals surface area (Å²) in [5.41, 5.74) is 0.945. The van der Waals surface area contributed by atoms with Crippen LogP contribution in [0, 0.1) is 12.7 Å². The Bertz CT molecular complexity index is 950. The summed E-state index contributed by atoms with van der Waals surface area (Å²) < 4.78 is 45.1. The molecule has 146 valence electrons. The van der Waals surface area contributed by atoms with Gasteiger partial charge in [-0.2, -0.15) is 4.31 Å². The lowest BCUT2D eigenvalue weighted by Gasteiger charge is -2.20. The van der Waals surface area contributed by atoms with E-state index in [4.69, 9.17) is 16.3 Å². The zero-order valence-electron chi connectivity index (χ0n) is 15.1. The summed E-state index contributed by atoms with van der Waals surface area (Å²) in [5.74, 6) is -0.599. The first-order valence-corrected chi connectivity index (χ1v) is 9.90. The van der Waals surface area contributed by atoms with Crippen LogP contribution in [-0.4, -0.2) is 38.8 Å². The van der Waals surface area contributed by atoms with Crippen molar-refractivity contribution in [2.45, 2.75) is 18.7 Å². The van der Waals surface area contributed by atoms with Crippen molar-refractivity contribution in [2.75, 3.05) is 25.5 Å². The van der Waals surface area contributed by atoms with Gasteiger partial charge in [0.05, 0.1) is 23.6 Å². The molecule has 0 atom stereocenters. The fourth-order valence-corrected chi connectivity index (χ4v) is 4.13. The van der Waals surface area contributed by atoms with Gasteiger partial charge in [-0.25, -0.2) is 12.8 Å². The van der Waals surface area contributed by atoms with Gasteiger partial charge in [-0.1, -0.05) is 18.5 Å². The Balaban J connectivity index is 2.18. The number of carbonyl (C=O) groups excluding carboxylic acids is 1. The molecular formula is C18H20ClFN2O4S. The number of aryl methyl sites for hydroxylation is 1. The quantitative estimate of drug-likeness (QED) is 0.753. The lowest BCUT2D eigenvalue weighted by molar-refractivity contribution is -0.116. The molecule has 0 aliphatic rings. The highest BCUT2D eigenvalue weighted by molar-refractivity contribution is 7.89. The third kappa shape index (κ3) is 4.97. The fraction of sp³-hybridized carbons (Fsp3) is 0.278. The Hall–Kier alpha value is -2.16. The number of nitrogens with one attached hydrogen (secondary N) is 1. The first-order chi connectivity index (χ1) is 12.7. The highest BCUT2D eigenvalue weighted by Gasteiger charge is 2.26. The van der Waals surface area contributed by atoms with Gasteiger partial charge < -0.3 is 10.1 Å². The molecule has 9 heteroatoms. The number of ether oxygens (including phenoxy) is 1. The van der Waals surface area contributed by atoms with Gasteiger partial charge in [0.1, 0.15) is 11.6 Å². The van der Waals surface area contributed by atoms with Gasteiger partial charge in [-0.15, -0.1) is 0 Å². The average molecular weight is 415 g/mol. The summed E-state index contributed by atoms with van der Waals surface area (Å²) in [7, 11) is -2.37. The second-order valence-corrected chi connectivity index (χ2v) is 8.08. The van der Waals surface area contributed by atoms with Crippen molar-refractivity contribution in [2.24, 2.45) is 0 Å². The molecule has 0 saturated heterocycles. The molecular weight excluding hydrogens is 395 g/mol. The van der Waals surface area contributed by atoms with Gasteiger partial charge in [0.15, 0.2) is 0 Å². The fourth-order valence-electron chi connectivity index (χ4n) is 2.46. The Morgan fingerprint density at radius 2 is 1.96 bits per heavy atom. The number of carbonyl (C=O) groups is 1. The second kappa shape index (κ2) is 8.69. The number of sulfonamides is 1. The van der Waals surface area contributed by atoms with Crippen molar-refractivity contribution >= 4 is 33.2 Å². The van der Waals surface area contributed by atoms with E-state index in [9.17, 15) is 17.6 Å². The number of methoxy groups -OCH3 is 1. The predicted molar refractivity (Wildman–Crippen MR) is 102 cm³/mol. The SMILES string of the molecule is CCN(CC(=O)Nc1ccc(F)c(Cl)c1)S(=O)(=O)c1ccc(OC)c(C)c1. The molecule has 0 radical (unpaired) electrons. The van der Waals surface area contributed by atoms with Crippen molar-refractivity contribution < 1.29 is 22.3 Å². The molecule has 0 heterocycles. The number of anilines is 1. The molecule has 27 heavy (non-hydrogen) atoms. The molecule has 1 N–H and O–H groups in total. The van der Waals surface area contributed by atoms with Crippen molar-refractivity contribution in [3.8, 4) is 5.75 Å². The molecule has 0 aliphatic carbocycles. The standard InChI is InChI=1S/C18H20ClFN2O4S/c1-4-22(11-18(23)21-13-5-7-16(20)15(19)10-13)27(24,25)14-6-8-17(26-3)12(2)9-14/h5-10H,4,11H2,1-3H3,(H,21,23). The molecule has 1 amide bonds. The van der Waals surface area contributed by atoms with Gasteiger partial charge in [0.25, 0.3) is 0 Å². The zero-order chi connectivity index (χ0) is 20.2. The van der Waals surface area contributed by atoms with E-state index < -0.39 is 21.7 Å². The van der Waals surface area contributed by atoms with Crippen molar-refractivity contribution in [1.29, 1.82) is 0 Å². The molecule has 0 bridgehead atoms. The smallest absolute Gasteiger partial charge is 0.243 e. The molecule has 0 aromatic heterocycles. The molecule has 2 aromatic rings. The Morgan fingerprint density at radius 3 is 2.52 bits per heavy atom. The number of hydrogen-bond donors (Lipinski definition) is 1. The van der Waals surface area contributed by atoms with Crippen LogP contribution in [0.2, 0.25) is 5.02 Å². The summed E-state index contributed by atoms with van der Waals surface area (Å²) in [6.45, 7) is 3.08. The van der Waals surface area contributed by atoms with Crippen LogP contribution in [0.5, 0.6) is 5.75 Å². The normalized spacial score (nSPS) is 11.5. The topological polar surface area (TPSA) is 75.7 Å². The molecule has 0 aliphatic heterocycles. The van der Waals surface area contributed by atoms with E-state index >= 15 is 0 Å². The van der Waals surface area contributed by atoms with Gasteiger partial charge in [0.2, 0.25) is 15.9 Å². The lowest BCUT2D eigenvalue weighted by Crippen LogP contribution is -2.37. The van der Waals surface area contributed by atoms with Crippen molar-refractivity contribution in [3.05, 3.63) is 52.8 Å². The van der Waals surface area contributed by atoms with Gasteiger partial charge in [-0.05, 0) is 48.9 Å². The number of nitrogens with zero attached hydrogens (tertiary/aromatic N) is 1. The molecule has 0 unspecified atom stereocenters. The van der Waals surface area contributed by atoms with Gasteiger partial charge in [0, 0.05) is 12.2 Å². The lowest BCUT2D eigenvalue weighted by atomic mass is 10.2. The zero-order valence-corrected chi connectivity index (χ0v) is 16.7. The minimum Gasteiger partial charge on any atom is -0.496 e. The molecule has 0 fully saturated rings. The van der Waals surface area contributed by atoms with Crippen LogP contribution >= 0.6 is 11.6 Å². The first-order valence-electron chi connectivity index (χ1n) is 8.08. The highest BCUT2D eigenvalue weighted by atomic mass is 35.5. The highest BCUT2D eigenvalue weighted by Crippen LogP contribution is 2.24. The summed E-state index contributed by atoms with van der Waals surface area (Å²) in [6.07, 6.45) is 0. The van der Waals surface area contributed by atoms with Crippen LogP contribution in [0.25, 0.3) is 0 Å². The molecule has 2 rings (SSSR count). The largest absolute Gasteiger partial charge is 0.496 e. The third-order valence-electron chi connectivity index (χ3n) is 3.88. The monoisotopic (exact) mass is 414 g/mol. The summed E-state index contributed by atoms with van der Waals surface area (Å²) in [6, 6.07) is 8.21. The number of likely N-dealkylation sites (N-methyl/N-ethyl adjacent to an activating group) is 1. The Morgan fingerprint density at radius 1 is 1.26 bits per heavy atom. The van der Waals surface area contributed by atoms with E-state index in [-0.39, 0.29) is 28.7 Å². The number of rotatable bonds is 7. The maximum atomic E-state index is 13.2. The van der Waals surface area contributed by atoms with Crippen LogP contribution in [0.1, 0.15) is 12.5 Å². The minimum atomic E-state index is -3.87. The maximum absolute atomic E-state index is 13.2. The van der Waals surface area contributed by atoms with Gasteiger partial charge in [-0.3, -0.25) is 4.79 Å². The number of benzene rings is 2.